The van der Waals surface area contributed by atoms with E-state index in [1.807, 2.05) is 0 Å². The van der Waals surface area contributed by atoms with Crippen LogP contribution in [0.3, 0.4) is 0 Å². The minimum Gasteiger partial charge on any atom is -0.430 e. The zero-order chi connectivity index (χ0) is 21.6. The summed E-state index contributed by atoms with van der Waals surface area (Å²) in [4.78, 5) is 16.5. The smallest absolute Gasteiger partial charge is 0.298 e. The molecule has 0 saturated heterocycles. The maximum atomic E-state index is 13.0. The van der Waals surface area contributed by atoms with E-state index in [1.165, 1.54) is 36.4 Å². The summed E-state index contributed by atoms with van der Waals surface area (Å²) < 4.78 is 35.9. The topological polar surface area (TPSA) is 64.1 Å². The van der Waals surface area contributed by atoms with Gasteiger partial charge in [0, 0.05) is 23.6 Å². The number of aromatic nitrogens is 2. The summed E-state index contributed by atoms with van der Waals surface area (Å²) in [5.74, 6) is 0.338. The van der Waals surface area contributed by atoms with Crippen molar-refractivity contribution in [3.8, 4) is 10.9 Å². The van der Waals surface area contributed by atoms with Crippen molar-refractivity contribution >= 4 is 23.1 Å². The van der Waals surface area contributed by atoms with Crippen LogP contribution in [-0.2, 0) is 17.6 Å². The molecule has 4 aromatic rings. The van der Waals surface area contributed by atoms with Gasteiger partial charge < -0.3 is 10.1 Å². The molecule has 4 rings (SSSR count). The van der Waals surface area contributed by atoms with E-state index < -0.39 is 0 Å². The largest absolute Gasteiger partial charge is 0.430 e. The lowest BCUT2D eigenvalue weighted by molar-refractivity contribution is -0.115. The number of benzene rings is 3. The summed E-state index contributed by atoms with van der Waals surface area (Å²) in [7, 11) is 0. The van der Waals surface area contributed by atoms with Gasteiger partial charge in [-0.25, -0.2) is 8.78 Å². The Morgan fingerprint density at radius 1 is 0.871 bits per heavy atom. The fraction of sp³-hybridized carbons (Fsp3) is 0.0870. The number of hydrogen-bond acceptors (Lipinski definition) is 5. The lowest BCUT2D eigenvalue weighted by Gasteiger charge is -2.06. The predicted molar refractivity (Wildman–Crippen MR) is 114 cm³/mol. The van der Waals surface area contributed by atoms with Crippen molar-refractivity contribution in [1.29, 1.82) is 0 Å². The SMILES string of the molecule is O=C(Cc1ccc(Oc2nc(Cc3ccc(F)cc3)ns2)cc1)Nc1ccc(F)cc1. The molecule has 1 amide bonds. The molecule has 0 aliphatic rings. The van der Waals surface area contributed by atoms with Gasteiger partial charge >= 0.3 is 0 Å². The number of nitrogens with one attached hydrogen (secondary N) is 1. The highest BCUT2D eigenvalue weighted by Crippen LogP contribution is 2.24. The average Bonchev–Trinajstić information content (AvgIpc) is 3.19. The quantitative estimate of drug-likeness (QED) is 0.422. The number of carbonyl (C=O) groups is 1. The Bertz CT molecular complexity index is 1160. The first-order chi connectivity index (χ1) is 15.0. The van der Waals surface area contributed by atoms with E-state index in [0.29, 0.717) is 28.9 Å². The third-order valence-corrected chi connectivity index (χ3v) is 4.98. The first-order valence-corrected chi connectivity index (χ1v) is 10.2. The van der Waals surface area contributed by atoms with Crippen molar-refractivity contribution in [2.45, 2.75) is 12.8 Å². The maximum absolute atomic E-state index is 13.0. The van der Waals surface area contributed by atoms with E-state index in [2.05, 4.69) is 14.7 Å². The molecule has 0 unspecified atom stereocenters. The average molecular weight is 437 g/mol. The molecule has 156 valence electrons. The number of anilines is 1. The molecule has 0 fully saturated rings. The number of rotatable bonds is 7. The van der Waals surface area contributed by atoms with Gasteiger partial charge in [-0.15, -0.1) is 0 Å². The molecule has 0 spiro atoms. The van der Waals surface area contributed by atoms with E-state index in [9.17, 15) is 13.6 Å². The molecule has 8 heteroatoms. The molecular formula is C23H17F2N3O2S. The molecule has 0 bridgehead atoms. The molecule has 0 saturated carbocycles. The zero-order valence-electron chi connectivity index (χ0n) is 16.2. The summed E-state index contributed by atoms with van der Waals surface area (Å²) in [6, 6.07) is 18.9. The van der Waals surface area contributed by atoms with Crippen molar-refractivity contribution in [2.24, 2.45) is 0 Å². The molecule has 3 aromatic carbocycles. The fourth-order valence-corrected chi connectivity index (χ4v) is 3.40. The Labute approximate surface area is 181 Å². The second-order valence-electron chi connectivity index (χ2n) is 6.76. The monoisotopic (exact) mass is 437 g/mol. The van der Waals surface area contributed by atoms with Gasteiger partial charge in [-0.3, -0.25) is 4.79 Å². The summed E-state index contributed by atoms with van der Waals surface area (Å²) in [6.45, 7) is 0. The van der Waals surface area contributed by atoms with Gasteiger partial charge in [-0.1, -0.05) is 24.3 Å². The maximum Gasteiger partial charge on any atom is 0.298 e. The third kappa shape index (κ3) is 5.93. The Kier molecular flexibility index (Phi) is 6.28. The van der Waals surface area contributed by atoms with Crippen molar-refractivity contribution in [3.63, 3.8) is 0 Å². The number of nitrogens with zero attached hydrogens (tertiary/aromatic N) is 2. The van der Waals surface area contributed by atoms with E-state index >= 15 is 0 Å². The van der Waals surface area contributed by atoms with Crippen LogP contribution in [0.2, 0.25) is 0 Å². The Balaban J connectivity index is 1.31. The Hall–Kier alpha value is -3.65. The molecule has 0 atom stereocenters. The van der Waals surface area contributed by atoms with Crippen LogP contribution in [0.1, 0.15) is 17.0 Å². The van der Waals surface area contributed by atoms with Gasteiger partial charge in [0.2, 0.25) is 5.91 Å². The second-order valence-corrected chi connectivity index (χ2v) is 7.47. The number of amides is 1. The highest BCUT2D eigenvalue weighted by molar-refractivity contribution is 7.07. The Morgan fingerprint density at radius 2 is 1.48 bits per heavy atom. The molecule has 1 heterocycles. The van der Waals surface area contributed by atoms with Crippen LogP contribution in [0.5, 0.6) is 10.9 Å². The van der Waals surface area contributed by atoms with Crippen LogP contribution < -0.4 is 10.1 Å². The van der Waals surface area contributed by atoms with E-state index in [1.54, 1.807) is 36.4 Å². The second kappa shape index (κ2) is 9.44. The minimum atomic E-state index is -0.355. The fourth-order valence-electron chi connectivity index (χ4n) is 2.84. The van der Waals surface area contributed by atoms with Crippen LogP contribution in [0, 0.1) is 11.6 Å². The number of halogens is 2. The van der Waals surface area contributed by atoms with Gasteiger partial charge in [-0.05, 0) is 59.7 Å². The summed E-state index contributed by atoms with van der Waals surface area (Å²) in [6.07, 6.45) is 0.667. The first kappa shape index (κ1) is 20.6. The van der Waals surface area contributed by atoms with Gasteiger partial charge in [0.25, 0.3) is 5.19 Å². The molecule has 1 aromatic heterocycles. The zero-order valence-corrected chi connectivity index (χ0v) is 17.0. The number of carbonyl (C=O) groups excluding carboxylic acids is 1. The van der Waals surface area contributed by atoms with E-state index in [0.717, 1.165) is 22.7 Å². The van der Waals surface area contributed by atoms with Crippen molar-refractivity contribution in [3.05, 3.63) is 101 Å². The van der Waals surface area contributed by atoms with Crippen molar-refractivity contribution in [1.82, 2.24) is 9.36 Å². The number of ether oxygens (including phenoxy) is 1. The molecule has 1 N–H and O–H groups in total. The van der Waals surface area contributed by atoms with Crippen LogP contribution in [-0.4, -0.2) is 15.3 Å². The molecule has 5 nitrogen and oxygen atoms in total. The molecule has 0 aliphatic carbocycles. The first-order valence-electron chi connectivity index (χ1n) is 9.43. The lowest BCUT2D eigenvalue weighted by Crippen LogP contribution is -2.14. The normalized spacial score (nSPS) is 10.6. The molecule has 0 radical (unpaired) electrons. The van der Waals surface area contributed by atoms with Gasteiger partial charge in [0.05, 0.1) is 6.42 Å². The molecule has 0 aliphatic heterocycles. The van der Waals surface area contributed by atoms with Crippen LogP contribution in [0.4, 0.5) is 14.5 Å². The van der Waals surface area contributed by atoms with Crippen LogP contribution >= 0.6 is 11.5 Å². The van der Waals surface area contributed by atoms with Crippen molar-refractivity contribution < 1.29 is 18.3 Å². The van der Waals surface area contributed by atoms with Gasteiger partial charge in [0.15, 0.2) is 5.82 Å². The van der Waals surface area contributed by atoms with E-state index in [4.69, 9.17) is 4.74 Å². The minimum absolute atomic E-state index is 0.179. The number of hydrogen-bond donors (Lipinski definition) is 1. The van der Waals surface area contributed by atoms with Gasteiger partial charge in [-0.2, -0.15) is 9.36 Å². The highest BCUT2D eigenvalue weighted by Gasteiger charge is 2.09. The highest BCUT2D eigenvalue weighted by atomic mass is 32.1. The van der Waals surface area contributed by atoms with Gasteiger partial charge in [0.1, 0.15) is 17.4 Å². The van der Waals surface area contributed by atoms with Crippen LogP contribution in [0.25, 0.3) is 0 Å². The Morgan fingerprint density at radius 3 is 2.16 bits per heavy atom. The summed E-state index contributed by atoms with van der Waals surface area (Å²) in [5, 5.41) is 3.13. The van der Waals surface area contributed by atoms with Crippen LogP contribution in [0.15, 0.2) is 72.8 Å². The lowest BCUT2D eigenvalue weighted by atomic mass is 10.1. The van der Waals surface area contributed by atoms with E-state index in [-0.39, 0.29) is 24.0 Å². The third-order valence-electron chi connectivity index (χ3n) is 4.35. The van der Waals surface area contributed by atoms with Crippen molar-refractivity contribution in [2.75, 3.05) is 5.32 Å². The standard InChI is InChI=1S/C23H17F2N3O2S/c24-17-5-1-15(2-6-17)13-21-27-23(31-28-21)30-20-11-3-16(4-12-20)14-22(29)26-19-9-7-18(25)8-10-19/h1-12H,13-14H2,(H,26,29). The predicted octanol–water partition coefficient (Wildman–Crippen LogP) is 5.38. The molecule has 31 heavy (non-hydrogen) atoms. The summed E-state index contributed by atoms with van der Waals surface area (Å²) in [5.41, 5.74) is 2.26. The molecular weight excluding hydrogens is 420 g/mol. The summed E-state index contributed by atoms with van der Waals surface area (Å²) >= 11 is 1.14.